The van der Waals surface area contributed by atoms with Gasteiger partial charge in [-0.3, -0.25) is 0 Å². The fourth-order valence-corrected chi connectivity index (χ4v) is 2.88. The van der Waals surface area contributed by atoms with Crippen LogP contribution in [0.3, 0.4) is 0 Å². The summed E-state index contributed by atoms with van der Waals surface area (Å²) in [5, 5.41) is 2.99. The lowest BCUT2D eigenvalue weighted by Crippen LogP contribution is -2.39. The summed E-state index contributed by atoms with van der Waals surface area (Å²) < 4.78 is 38.3. The van der Waals surface area contributed by atoms with Crippen molar-refractivity contribution in [1.29, 1.82) is 0 Å². The van der Waals surface area contributed by atoms with Crippen LogP contribution in [0, 0.1) is 5.41 Å². The minimum Gasteiger partial charge on any atom is -0.367 e. The first-order valence-corrected chi connectivity index (χ1v) is 7.07. The van der Waals surface area contributed by atoms with E-state index < -0.39 is 11.7 Å². The third kappa shape index (κ3) is 3.57. The van der Waals surface area contributed by atoms with Crippen LogP contribution in [0.2, 0.25) is 5.15 Å². The maximum absolute atomic E-state index is 12.8. The highest BCUT2D eigenvalue weighted by molar-refractivity contribution is 6.29. The molecule has 1 saturated carbocycles. The van der Waals surface area contributed by atoms with Crippen LogP contribution in [0.25, 0.3) is 0 Å². The minimum absolute atomic E-state index is 0.0423. The summed E-state index contributed by atoms with van der Waals surface area (Å²) in [5.74, 6) is 0.199. The molecule has 2 rings (SSSR count). The van der Waals surface area contributed by atoms with Crippen molar-refractivity contribution in [3.8, 4) is 0 Å². The second kappa shape index (κ2) is 5.43. The molecule has 0 amide bonds. The van der Waals surface area contributed by atoms with Crippen molar-refractivity contribution in [3.05, 3.63) is 22.8 Å². The summed E-state index contributed by atoms with van der Waals surface area (Å²) >= 11 is 5.69. The van der Waals surface area contributed by atoms with E-state index in [1.165, 1.54) is 0 Å². The number of hydrogen-bond acceptors (Lipinski definition) is 2. The molecule has 0 aromatic carbocycles. The van der Waals surface area contributed by atoms with Gasteiger partial charge >= 0.3 is 6.18 Å². The molecule has 0 spiro atoms. The number of nitrogens with one attached hydrogen (secondary N) is 1. The normalized spacial score (nSPS) is 22.6. The van der Waals surface area contributed by atoms with E-state index in [4.69, 9.17) is 11.6 Å². The molecule has 1 aromatic rings. The second-order valence-electron chi connectivity index (χ2n) is 5.99. The molecule has 20 heavy (non-hydrogen) atoms. The van der Waals surface area contributed by atoms with Crippen molar-refractivity contribution in [2.45, 2.75) is 51.7 Å². The number of anilines is 1. The van der Waals surface area contributed by atoms with Crippen LogP contribution < -0.4 is 5.32 Å². The van der Waals surface area contributed by atoms with Crippen molar-refractivity contribution in [1.82, 2.24) is 4.98 Å². The number of pyridine rings is 1. The molecule has 1 aromatic heterocycles. The minimum atomic E-state index is -4.41. The molecule has 1 fully saturated rings. The molecule has 6 heteroatoms. The molecule has 1 atom stereocenters. The number of rotatable bonds is 2. The van der Waals surface area contributed by atoms with E-state index in [9.17, 15) is 13.2 Å². The fourth-order valence-electron chi connectivity index (χ4n) is 2.67. The van der Waals surface area contributed by atoms with E-state index in [0.717, 1.165) is 37.8 Å². The van der Waals surface area contributed by atoms with E-state index in [1.54, 1.807) is 0 Å². The van der Waals surface area contributed by atoms with Crippen molar-refractivity contribution in [2.24, 2.45) is 5.41 Å². The van der Waals surface area contributed by atoms with Gasteiger partial charge in [0.25, 0.3) is 0 Å². The molecule has 1 aliphatic carbocycles. The zero-order chi connectivity index (χ0) is 15.0. The van der Waals surface area contributed by atoms with Gasteiger partial charge in [0.15, 0.2) is 0 Å². The predicted molar refractivity (Wildman–Crippen MR) is 73.9 cm³/mol. The lowest BCUT2D eigenvalue weighted by molar-refractivity contribution is -0.137. The predicted octanol–water partition coefficient (Wildman–Crippen LogP) is 5.13. The third-order valence-corrected chi connectivity index (χ3v) is 4.14. The van der Waals surface area contributed by atoms with Crippen LogP contribution in [0.15, 0.2) is 12.1 Å². The van der Waals surface area contributed by atoms with Crippen LogP contribution in [0.1, 0.15) is 45.1 Å². The summed E-state index contributed by atoms with van der Waals surface area (Å²) in [4.78, 5) is 3.96. The topological polar surface area (TPSA) is 24.9 Å². The van der Waals surface area contributed by atoms with Gasteiger partial charge in [-0.05, 0) is 30.4 Å². The van der Waals surface area contributed by atoms with Gasteiger partial charge in [0.05, 0.1) is 5.56 Å². The number of aromatic nitrogens is 1. The molecule has 1 N–H and O–H groups in total. The van der Waals surface area contributed by atoms with Crippen molar-refractivity contribution >= 4 is 17.4 Å². The third-order valence-electron chi connectivity index (χ3n) is 3.95. The van der Waals surface area contributed by atoms with Crippen molar-refractivity contribution in [3.63, 3.8) is 0 Å². The Hall–Kier alpha value is -0.970. The van der Waals surface area contributed by atoms with Gasteiger partial charge in [-0.15, -0.1) is 0 Å². The van der Waals surface area contributed by atoms with Gasteiger partial charge in [0.1, 0.15) is 11.0 Å². The first kappa shape index (κ1) is 15.4. The monoisotopic (exact) mass is 306 g/mol. The highest BCUT2D eigenvalue weighted by Crippen LogP contribution is 2.38. The zero-order valence-electron chi connectivity index (χ0n) is 11.5. The van der Waals surface area contributed by atoms with E-state index in [1.807, 2.05) is 0 Å². The SMILES string of the molecule is CC1(C)CCCCC1Nc1cc(C(F)(F)F)cc(Cl)n1. The Kier molecular flexibility index (Phi) is 4.19. The summed E-state index contributed by atoms with van der Waals surface area (Å²) in [6.45, 7) is 4.25. The maximum Gasteiger partial charge on any atom is 0.416 e. The van der Waals surface area contributed by atoms with Crippen LogP contribution in [0.4, 0.5) is 19.0 Å². The fraction of sp³-hybridized carbons (Fsp3) is 0.643. The van der Waals surface area contributed by atoms with Crippen molar-refractivity contribution < 1.29 is 13.2 Å². The lowest BCUT2D eigenvalue weighted by atomic mass is 9.73. The largest absolute Gasteiger partial charge is 0.416 e. The molecule has 0 radical (unpaired) electrons. The summed E-state index contributed by atoms with van der Waals surface area (Å²) in [6, 6.07) is 1.98. The highest BCUT2D eigenvalue weighted by Gasteiger charge is 2.34. The van der Waals surface area contributed by atoms with Gasteiger partial charge < -0.3 is 5.32 Å². The standard InChI is InChI=1S/C14H18ClF3N2/c1-13(2)6-4-3-5-10(13)19-12-8-9(14(16,17)18)7-11(15)20-12/h7-8,10H,3-6H2,1-2H3,(H,19,20). The highest BCUT2D eigenvalue weighted by atomic mass is 35.5. The number of nitrogens with zero attached hydrogens (tertiary/aromatic N) is 1. The summed E-state index contributed by atoms with van der Waals surface area (Å²) in [7, 11) is 0. The van der Waals surface area contributed by atoms with Crippen LogP contribution in [-0.4, -0.2) is 11.0 Å². The van der Waals surface area contributed by atoms with Crippen molar-refractivity contribution in [2.75, 3.05) is 5.32 Å². The van der Waals surface area contributed by atoms with Gasteiger partial charge in [-0.1, -0.05) is 38.3 Å². The van der Waals surface area contributed by atoms with E-state index in [2.05, 4.69) is 24.1 Å². The van der Waals surface area contributed by atoms with E-state index >= 15 is 0 Å². The smallest absolute Gasteiger partial charge is 0.367 e. The Morgan fingerprint density at radius 1 is 1.30 bits per heavy atom. The Morgan fingerprint density at radius 3 is 2.60 bits per heavy atom. The first-order valence-electron chi connectivity index (χ1n) is 6.70. The van der Waals surface area contributed by atoms with Gasteiger partial charge in [-0.2, -0.15) is 13.2 Å². The molecular formula is C14H18ClF3N2. The molecule has 0 aliphatic heterocycles. The average Bonchev–Trinajstić information content (AvgIpc) is 2.30. The maximum atomic E-state index is 12.8. The number of hydrogen-bond donors (Lipinski definition) is 1. The van der Waals surface area contributed by atoms with Gasteiger partial charge in [-0.25, -0.2) is 4.98 Å². The Bertz CT molecular complexity index is 486. The van der Waals surface area contributed by atoms with E-state index in [0.29, 0.717) is 0 Å². The van der Waals surface area contributed by atoms with Gasteiger partial charge in [0.2, 0.25) is 0 Å². The average molecular weight is 307 g/mol. The first-order chi connectivity index (χ1) is 9.18. The molecule has 0 bridgehead atoms. The van der Waals surface area contributed by atoms with E-state index in [-0.39, 0.29) is 22.4 Å². The lowest BCUT2D eigenvalue weighted by Gasteiger charge is -2.39. The van der Waals surface area contributed by atoms with Crippen LogP contribution >= 0.6 is 11.6 Å². The quantitative estimate of drug-likeness (QED) is 0.766. The number of alkyl halides is 3. The second-order valence-corrected chi connectivity index (χ2v) is 6.38. The van der Waals surface area contributed by atoms with Crippen LogP contribution in [-0.2, 0) is 6.18 Å². The van der Waals surface area contributed by atoms with Crippen LogP contribution in [0.5, 0.6) is 0 Å². The summed E-state index contributed by atoms with van der Waals surface area (Å²) in [6.07, 6.45) is -0.194. The Labute approximate surface area is 121 Å². The molecule has 0 saturated heterocycles. The Balaban J connectivity index is 2.23. The molecule has 1 heterocycles. The Morgan fingerprint density at radius 2 is 2.00 bits per heavy atom. The number of halogens is 4. The zero-order valence-corrected chi connectivity index (χ0v) is 12.3. The molecule has 1 aliphatic rings. The molecular weight excluding hydrogens is 289 g/mol. The summed E-state index contributed by atoms with van der Waals surface area (Å²) in [5.41, 5.74) is -0.727. The van der Waals surface area contributed by atoms with Gasteiger partial charge in [0, 0.05) is 6.04 Å². The molecule has 2 nitrogen and oxygen atoms in total. The molecule has 1 unspecified atom stereocenters. The molecule has 112 valence electrons.